The molecule has 1 fully saturated rings. The summed E-state index contributed by atoms with van der Waals surface area (Å²) in [7, 11) is 0. The first-order valence-electron chi connectivity index (χ1n) is 12.2. The van der Waals surface area contributed by atoms with E-state index in [1.165, 1.54) is 12.1 Å². The van der Waals surface area contributed by atoms with Crippen molar-refractivity contribution >= 4 is 55.9 Å². The first-order valence-corrected chi connectivity index (χ1v) is 12.2. The fourth-order valence-corrected chi connectivity index (χ4v) is 4.60. The monoisotopic (exact) mass is 514 g/mol. The standard InChI is InChI=1S/C30H22N6O3/c31-30-28(35-33-26-17-7-11-20-9-2-4-15-24(20)26)27(29(39-30)21-12-5-13-22(18-21)36(37)38)34-32-25-16-6-10-19-8-1-3-14-23(19)25/h1-18,29,31-33H/b31-30?,34-27+,35-28+/t29-/m0/s1. The van der Waals surface area contributed by atoms with Crippen molar-refractivity contribution in [2.75, 3.05) is 10.9 Å². The SMILES string of the molecule is N=C1O[C@@H](c2cccc([N+](=O)[O-])c2)C(=N/Nc2cccc3ccccc23)/C1=N\Nc1cccc2ccccc12. The van der Waals surface area contributed by atoms with Crippen LogP contribution in [0.2, 0.25) is 0 Å². The van der Waals surface area contributed by atoms with Gasteiger partial charge in [-0.1, -0.05) is 84.9 Å². The van der Waals surface area contributed by atoms with Crippen LogP contribution in [-0.2, 0) is 4.74 Å². The maximum Gasteiger partial charge on any atom is 0.269 e. The highest BCUT2D eigenvalue weighted by molar-refractivity contribution is 6.69. The molecule has 1 aliphatic rings. The van der Waals surface area contributed by atoms with Crippen LogP contribution in [0.15, 0.2) is 119 Å². The van der Waals surface area contributed by atoms with Crippen LogP contribution in [0.25, 0.3) is 21.5 Å². The number of nitrogens with zero attached hydrogens (tertiary/aromatic N) is 3. The number of anilines is 2. The predicted octanol–water partition coefficient (Wildman–Crippen LogP) is 6.89. The molecule has 9 heteroatoms. The third kappa shape index (κ3) is 4.64. The number of benzene rings is 5. The zero-order valence-corrected chi connectivity index (χ0v) is 20.5. The molecule has 1 saturated heterocycles. The summed E-state index contributed by atoms with van der Waals surface area (Å²) in [6.07, 6.45) is -0.868. The number of hydrogen-bond acceptors (Lipinski definition) is 8. The van der Waals surface area contributed by atoms with E-state index >= 15 is 0 Å². The number of nitro benzene ring substituents is 1. The first-order chi connectivity index (χ1) is 19.1. The molecule has 6 rings (SSSR count). The molecule has 0 bridgehead atoms. The third-order valence-corrected chi connectivity index (χ3v) is 6.49. The highest BCUT2D eigenvalue weighted by atomic mass is 16.6. The topological polar surface area (TPSA) is 125 Å². The van der Waals surface area contributed by atoms with E-state index < -0.39 is 11.0 Å². The zero-order valence-electron chi connectivity index (χ0n) is 20.5. The molecule has 1 atom stereocenters. The highest BCUT2D eigenvalue weighted by Gasteiger charge is 2.38. The smallest absolute Gasteiger partial charge is 0.269 e. The zero-order chi connectivity index (χ0) is 26.8. The number of rotatable bonds is 6. The van der Waals surface area contributed by atoms with Crippen molar-refractivity contribution in [1.82, 2.24) is 0 Å². The van der Waals surface area contributed by atoms with Crippen LogP contribution in [0.4, 0.5) is 17.1 Å². The molecule has 190 valence electrons. The second-order valence-electron chi connectivity index (χ2n) is 8.91. The van der Waals surface area contributed by atoms with E-state index in [2.05, 4.69) is 21.1 Å². The minimum Gasteiger partial charge on any atom is -0.461 e. The molecule has 5 aromatic rings. The van der Waals surface area contributed by atoms with Gasteiger partial charge in [0.15, 0.2) is 11.8 Å². The summed E-state index contributed by atoms with van der Waals surface area (Å²) in [4.78, 5) is 11.0. The molecule has 0 aromatic heterocycles. The van der Waals surface area contributed by atoms with Crippen LogP contribution >= 0.6 is 0 Å². The second-order valence-corrected chi connectivity index (χ2v) is 8.91. The average Bonchev–Trinajstić information content (AvgIpc) is 3.29. The van der Waals surface area contributed by atoms with Gasteiger partial charge in [0.2, 0.25) is 5.90 Å². The van der Waals surface area contributed by atoms with Gasteiger partial charge in [-0.2, -0.15) is 10.2 Å². The summed E-state index contributed by atoms with van der Waals surface area (Å²) in [5.74, 6) is -0.197. The molecule has 0 spiro atoms. The second kappa shape index (κ2) is 10.1. The van der Waals surface area contributed by atoms with Crippen molar-refractivity contribution in [3.05, 3.63) is 125 Å². The number of ether oxygens (including phenoxy) is 1. The Hall–Kier alpha value is -5.57. The van der Waals surface area contributed by atoms with Crippen molar-refractivity contribution in [3.63, 3.8) is 0 Å². The molecule has 0 radical (unpaired) electrons. The Morgan fingerprint density at radius 3 is 1.95 bits per heavy atom. The molecule has 1 aliphatic heterocycles. The van der Waals surface area contributed by atoms with Gasteiger partial charge in [0.25, 0.3) is 5.69 Å². The molecule has 0 amide bonds. The third-order valence-electron chi connectivity index (χ3n) is 6.49. The normalized spacial score (nSPS) is 17.0. The molecule has 1 heterocycles. The lowest BCUT2D eigenvalue weighted by Crippen LogP contribution is -2.19. The maximum absolute atomic E-state index is 11.4. The van der Waals surface area contributed by atoms with E-state index in [9.17, 15) is 10.1 Å². The van der Waals surface area contributed by atoms with Gasteiger partial charge in [0, 0.05) is 28.5 Å². The molecule has 0 aliphatic carbocycles. The summed E-state index contributed by atoms with van der Waals surface area (Å²) < 4.78 is 5.88. The minimum absolute atomic E-state index is 0.0803. The van der Waals surface area contributed by atoms with E-state index in [4.69, 9.17) is 10.1 Å². The van der Waals surface area contributed by atoms with Gasteiger partial charge in [0.1, 0.15) is 5.71 Å². The number of hydrogen-bond donors (Lipinski definition) is 3. The molecular formula is C30H22N6O3. The van der Waals surface area contributed by atoms with E-state index in [-0.39, 0.29) is 17.3 Å². The molecule has 3 N–H and O–H groups in total. The molecule has 9 nitrogen and oxygen atoms in total. The fourth-order valence-electron chi connectivity index (χ4n) is 4.60. The van der Waals surface area contributed by atoms with Gasteiger partial charge in [-0.05, 0) is 22.9 Å². The Morgan fingerprint density at radius 2 is 1.31 bits per heavy atom. The molecule has 0 unspecified atom stereocenters. The minimum atomic E-state index is -0.868. The van der Waals surface area contributed by atoms with Gasteiger partial charge >= 0.3 is 0 Å². The fraction of sp³-hybridized carbons (Fsp3) is 0.0333. The van der Waals surface area contributed by atoms with E-state index in [1.807, 2.05) is 84.9 Å². The van der Waals surface area contributed by atoms with Crippen LogP contribution < -0.4 is 10.9 Å². The number of fused-ring (bicyclic) bond motifs is 2. The van der Waals surface area contributed by atoms with Crippen LogP contribution in [0.1, 0.15) is 11.7 Å². The lowest BCUT2D eigenvalue weighted by Gasteiger charge is -2.12. The molecule has 5 aromatic carbocycles. The van der Waals surface area contributed by atoms with Crippen molar-refractivity contribution in [1.29, 1.82) is 5.41 Å². The summed E-state index contributed by atoms with van der Waals surface area (Å²) >= 11 is 0. The van der Waals surface area contributed by atoms with E-state index in [1.54, 1.807) is 12.1 Å². The van der Waals surface area contributed by atoms with Crippen LogP contribution in [0.5, 0.6) is 0 Å². The molecule has 39 heavy (non-hydrogen) atoms. The Labute approximate surface area is 223 Å². The largest absolute Gasteiger partial charge is 0.461 e. The summed E-state index contributed by atoms with van der Waals surface area (Å²) in [5.41, 5.74) is 8.62. The summed E-state index contributed by atoms with van der Waals surface area (Å²) in [6.45, 7) is 0. The van der Waals surface area contributed by atoms with Crippen LogP contribution in [-0.4, -0.2) is 22.2 Å². The lowest BCUT2D eigenvalue weighted by atomic mass is 10.0. The number of nitro groups is 1. The van der Waals surface area contributed by atoms with Gasteiger partial charge in [-0.25, -0.2) is 0 Å². The van der Waals surface area contributed by atoms with Crippen molar-refractivity contribution in [2.45, 2.75) is 6.10 Å². The van der Waals surface area contributed by atoms with Gasteiger partial charge in [-0.15, -0.1) is 0 Å². The Balaban J connectivity index is 1.42. The quantitative estimate of drug-likeness (QED) is 0.168. The molecular weight excluding hydrogens is 492 g/mol. The first kappa shape index (κ1) is 23.8. The van der Waals surface area contributed by atoms with Gasteiger partial charge in [0.05, 0.1) is 16.3 Å². The number of nitrogens with one attached hydrogen (secondary N) is 3. The van der Waals surface area contributed by atoms with E-state index in [0.717, 1.165) is 32.9 Å². The predicted molar refractivity (Wildman–Crippen MR) is 155 cm³/mol. The van der Waals surface area contributed by atoms with Crippen molar-refractivity contribution < 1.29 is 9.66 Å². The number of hydrazone groups is 2. The van der Waals surface area contributed by atoms with Crippen LogP contribution in [0.3, 0.4) is 0 Å². The van der Waals surface area contributed by atoms with Gasteiger partial charge < -0.3 is 4.74 Å². The molecule has 0 saturated carbocycles. The van der Waals surface area contributed by atoms with Crippen LogP contribution in [0, 0.1) is 15.5 Å². The Bertz CT molecular complexity index is 1800. The number of non-ortho nitro benzene ring substituents is 1. The van der Waals surface area contributed by atoms with E-state index in [0.29, 0.717) is 11.3 Å². The van der Waals surface area contributed by atoms with Crippen molar-refractivity contribution in [3.8, 4) is 0 Å². The Morgan fingerprint density at radius 1 is 0.744 bits per heavy atom. The van der Waals surface area contributed by atoms with Crippen molar-refractivity contribution in [2.24, 2.45) is 10.2 Å². The van der Waals surface area contributed by atoms with Gasteiger partial charge in [-0.3, -0.25) is 26.4 Å². The highest BCUT2D eigenvalue weighted by Crippen LogP contribution is 2.31. The average molecular weight is 515 g/mol. The summed E-state index contributed by atoms with van der Waals surface area (Å²) in [6, 6.07) is 33.6. The Kier molecular flexibility index (Phi) is 6.14. The summed E-state index contributed by atoms with van der Waals surface area (Å²) in [5, 5.41) is 33.2. The maximum atomic E-state index is 11.4. The lowest BCUT2D eigenvalue weighted by molar-refractivity contribution is -0.384.